The Morgan fingerprint density at radius 1 is 1.15 bits per heavy atom. The SMILES string of the molecule is Cn1c(=O)n(-c2ccc(Br)nc2)c(=O)c2ccncc21. The van der Waals surface area contributed by atoms with Crippen molar-refractivity contribution in [3.05, 3.63) is 62.2 Å². The molecule has 0 N–H and O–H groups in total. The van der Waals surface area contributed by atoms with Gasteiger partial charge in [0.1, 0.15) is 4.60 Å². The van der Waals surface area contributed by atoms with Crippen molar-refractivity contribution in [2.45, 2.75) is 0 Å². The third-order valence-electron chi connectivity index (χ3n) is 3.04. The maximum atomic E-state index is 12.5. The van der Waals surface area contributed by atoms with E-state index in [1.54, 1.807) is 25.2 Å². The van der Waals surface area contributed by atoms with E-state index in [-0.39, 0.29) is 5.56 Å². The van der Waals surface area contributed by atoms with Crippen LogP contribution in [-0.2, 0) is 7.05 Å². The van der Waals surface area contributed by atoms with Crippen molar-refractivity contribution in [3.63, 3.8) is 0 Å². The number of hydrogen-bond acceptors (Lipinski definition) is 4. The summed E-state index contributed by atoms with van der Waals surface area (Å²) in [5.41, 5.74) is 0.121. The first-order valence-corrected chi connectivity index (χ1v) is 6.56. The highest BCUT2D eigenvalue weighted by Gasteiger charge is 2.12. The lowest BCUT2D eigenvalue weighted by Crippen LogP contribution is -2.37. The van der Waals surface area contributed by atoms with Gasteiger partial charge in [0, 0.05) is 13.2 Å². The Balaban J connectivity index is 2.45. The number of aryl methyl sites for hydroxylation is 1. The monoisotopic (exact) mass is 332 g/mol. The molecular formula is C13H9BrN4O2. The molecule has 0 saturated carbocycles. The van der Waals surface area contributed by atoms with E-state index in [4.69, 9.17) is 0 Å². The zero-order valence-electron chi connectivity index (χ0n) is 10.4. The molecule has 3 rings (SSSR count). The maximum absolute atomic E-state index is 12.5. The minimum Gasteiger partial charge on any atom is -0.294 e. The maximum Gasteiger partial charge on any atom is 0.335 e. The average Bonchev–Trinajstić information content (AvgIpc) is 2.47. The molecule has 0 unspecified atom stereocenters. The van der Waals surface area contributed by atoms with Crippen LogP contribution in [-0.4, -0.2) is 19.1 Å². The van der Waals surface area contributed by atoms with E-state index in [0.717, 1.165) is 4.57 Å². The van der Waals surface area contributed by atoms with Gasteiger partial charge in [-0.25, -0.2) is 14.3 Å². The Hall–Kier alpha value is -2.28. The fraction of sp³-hybridized carbons (Fsp3) is 0.0769. The number of halogens is 1. The Bertz CT molecular complexity index is 912. The zero-order valence-corrected chi connectivity index (χ0v) is 12.0. The summed E-state index contributed by atoms with van der Waals surface area (Å²) in [4.78, 5) is 32.8. The minimum absolute atomic E-state index is 0.380. The van der Waals surface area contributed by atoms with Gasteiger partial charge < -0.3 is 0 Å². The normalized spacial score (nSPS) is 10.9. The molecule has 0 aliphatic carbocycles. The number of aromatic nitrogens is 4. The predicted octanol–water partition coefficient (Wildman–Crippen LogP) is 1.24. The summed E-state index contributed by atoms with van der Waals surface area (Å²) in [7, 11) is 1.61. The third kappa shape index (κ3) is 1.87. The lowest BCUT2D eigenvalue weighted by molar-refractivity contribution is 0.770. The molecule has 0 aliphatic rings. The molecule has 7 heteroatoms. The van der Waals surface area contributed by atoms with Crippen molar-refractivity contribution in [2.24, 2.45) is 7.05 Å². The number of nitrogens with zero attached hydrogens (tertiary/aromatic N) is 4. The molecule has 0 saturated heterocycles. The standard InChI is InChI=1S/C13H9BrN4O2/c1-17-10-7-15-5-4-9(10)12(19)18(13(17)20)8-2-3-11(14)16-6-8/h2-7H,1H3. The van der Waals surface area contributed by atoms with Crippen LogP contribution >= 0.6 is 15.9 Å². The second kappa shape index (κ2) is 4.68. The van der Waals surface area contributed by atoms with Gasteiger partial charge in [-0.15, -0.1) is 0 Å². The summed E-state index contributed by atoms with van der Waals surface area (Å²) in [6.45, 7) is 0. The van der Waals surface area contributed by atoms with Gasteiger partial charge in [0.25, 0.3) is 5.56 Å². The van der Waals surface area contributed by atoms with Crippen LogP contribution in [0.25, 0.3) is 16.6 Å². The molecule has 0 bridgehead atoms. The third-order valence-corrected chi connectivity index (χ3v) is 3.51. The first-order chi connectivity index (χ1) is 9.59. The summed E-state index contributed by atoms with van der Waals surface area (Å²) in [5.74, 6) is 0. The molecule has 0 amide bonds. The van der Waals surface area contributed by atoms with Crippen LogP contribution in [0.3, 0.4) is 0 Å². The number of hydrogen-bond donors (Lipinski definition) is 0. The Morgan fingerprint density at radius 2 is 1.95 bits per heavy atom. The molecular weight excluding hydrogens is 324 g/mol. The van der Waals surface area contributed by atoms with Gasteiger partial charge in [-0.2, -0.15) is 0 Å². The smallest absolute Gasteiger partial charge is 0.294 e. The van der Waals surface area contributed by atoms with Crippen LogP contribution in [0.5, 0.6) is 0 Å². The Kier molecular flexibility index (Phi) is 2.98. The largest absolute Gasteiger partial charge is 0.335 e. The second-order valence-electron chi connectivity index (χ2n) is 4.21. The van der Waals surface area contributed by atoms with Crippen LogP contribution in [0.1, 0.15) is 0 Å². The second-order valence-corrected chi connectivity index (χ2v) is 5.03. The van der Waals surface area contributed by atoms with Crippen LogP contribution in [0.4, 0.5) is 0 Å². The summed E-state index contributed by atoms with van der Waals surface area (Å²) in [6, 6.07) is 4.94. The number of fused-ring (bicyclic) bond motifs is 1. The zero-order chi connectivity index (χ0) is 14.3. The first kappa shape index (κ1) is 12.7. The highest BCUT2D eigenvalue weighted by molar-refractivity contribution is 9.10. The van der Waals surface area contributed by atoms with Crippen molar-refractivity contribution < 1.29 is 0 Å². The molecule has 6 nitrogen and oxygen atoms in total. The lowest BCUT2D eigenvalue weighted by atomic mass is 10.3. The molecule has 0 radical (unpaired) electrons. The van der Waals surface area contributed by atoms with Gasteiger partial charge in [-0.05, 0) is 34.1 Å². The van der Waals surface area contributed by atoms with Gasteiger partial charge in [-0.1, -0.05) is 0 Å². The van der Waals surface area contributed by atoms with E-state index in [9.17, 15) is 9.59 Å². The van der Waals surface area contributed by atoms with Crippen molar-refractivity contribution >= 4 is 26.8 Å². The summed E-state index contributed by atoms with van der Waals surface area (Å²) < 4.78 is 3.13. The van der Waals surface area contributed by atoms with Crippen LogP contribution in [0.2, 0.25) is 0 Å². The number of pyridine rings is 2. The molecule has 0 atom stereocenters. The Morgan fingerprint density at radius 3 is 2.65 bits per heavy atom. The summed E-state index contributed by atoms with van der Waals surface area (Å²) in [6.07, 6.45) is 4.50. The molecule has 100 valence electrons. The van der Waals surface area contributed by atoms with Crippen molar-refractivity contribution in [3.8, 4) is 5.69 Å². The topological polar surface area (TPSA) is 69.8 Å². The fourth-order valence-corrected chi connectivity index (χ4v) is 2.26. The minimum atomic E-state index is -0.431. The summed E-state index contributed by atoms with van der Waals surface area (Å²) in [5, 5.41) is 0.435. The highest BCUT2D eigenvalue weighted by Crippen LogP contribution is 2.10. The van der Waals surface area contributed by atoms with Crippen molar-refractivity contribution in [1.29, 1.82) is 0 Å². The lowest BCUT2D eigenvalue weighted by Gasteiger charge is -2.09. The van der Waals surface area contributed by atoms with E-state index in [0.29, 0.717) is 21.2 Å². The van der Waals surface area contributed by atoms with Gasteiger partial charge in [0.05, 0.1) is 29.0 Å². The fourth-order valence-electron chi connectivity index (χ4n) is 2.02. The molecule has 0 fully saturated rings. The van der Waals surface area contributed by atoms with Gasteiger partial charge in [0.2, 0.25) is 0 Å². The highest BCUT2D eigenvalue weighted by atomic mass is 79.9. The quantitative estimate of drug-likeness (QED) is 0.629. The predicted molar refractivity (Wildman–Crippen MR) is 78.1 cm³/mol. The van der Waals surface area contributed by atoms with Crippen LogP contribution < -0.4 is 11.2 Å². The van der Waals surface area contributed by atoms with Gasteiger partial charge in [0.15, 0.2) is 0 Å². The molecule has 0 aliphatic heterocycles. The van der Waals surface area contributed by atoms with Gasteiger partial charge in [-0.3, -0.25) is 14.3 Å². The van der Waals surface area contributed by atoms with Crippen molar-refractivity contribution in [1.82, 2.24) is 19.1 Å². The average molecular weight is 333 g/mol. The molecule has 20 heavy (non-hydrogen) atoms. The van der Waals surface area contributed by atoms with E-state index in [1.165, 1.54) is 23.2 Å². The number of rotatable bonds is 1. The molecule has 3 aromatic rings. The molecule has 3 aromatic heterocycles. The van der Waals surface area contributed by atoms with Crippen LogP contribution in [0.15, 0.2) is 51.0 Å². The van der Waals surface area contributed by atoms with E-state index in [1.807, 2.05) is 0 Å². The van der Waals surface area contributed by atoms with E-state index in [2.05, 4.69) is 25.9 Å². The Labute approximate surface area is 121 Å². The first-order valence-electron chi connectivity index (χ1n) is 5.77. The summed E-state index contributed by atoms with van der Waals surface area (Å²) >= 11 is 3.22. The molecule has 0 aromatic carbocycles. The van der Waals surface area contributed by atoms with Crippen LogP contribution in [0, 0.1) is 0 Å². The van der Waals surface area contributed by atoms with E-state index >= 15 is 0 Å². The molecule has 0 spiro atoms. The van der Waals surface area contributed by atoms with E-state index < -0.39 is 5.69 Å². The van der Waals surface area contributed by atoms with Crippen molar-refractivity contribution in [2.75, 3.05) is 0 Å². The van der Waals surface area contributed by atoms with Gasteiger partial charge >= 0.3 is 5.69 Å². The molecule has 3 heterocycles.